The molecule has 8 nitrogen and oxygen atoms in total. The van der Waals surface area contributed by atoms with Crippen LogP contribution in [0.25, 0.3) is 22.2 Å². The molecule has 1 atom stereocenters. The molecule has 0 radical (unpaired) electrons. The first-order valence-corrected chi connectivity index (χ1v) is 10.0. The number of carbonyl (C=O) groups excluding carboxylic acids is 2. The number of amides is 2. The smallest absolute Gasteiger partial charge is 0.229 e. The SMILES string of the molecule is Cn1nnnc1-c1cccc(NC(=O)C2CC(=O)N(c3cccc4ccccc34)C2)c1. The summed E-state index contributed by atoms with van der Waals surface area (Å²) in [6.07, 6.45) is 0.182. The third kappa shape index (κ3) is 3.52. The van der Waals surface area contributed by atoms with E-state index in [4.69, 9.17) is 0 Å². The van der Waals surface area contributed by atoms with Crippen LogP contribution in [0, 0.1) is 5.92 Å². The Bertz CT molecular complexity index is 1290. The van der Waals surface area contributed by atoms with E-state index in [1.54, 1.807) is 16.6 Å². The van der Waals surface area contributed by atoms with Gasteiger partial charge in [0.05, 0.1) is 11.6 Å². The molecule has 0 bridgehead atoms. The van der Waals surface area contributed by atoms with E-state index in [0.717, 1.165) is 22.0 Å². The Morgan fingerprint density at radius 3 is 2.71 bits per heavy atom. The number of hydrogen-bond donors (Lipinski definition) is 1. The van der Waals surface area contributed by atoms with E-state index in [1.807, 2.05) is 66.7 Å². The summed E-state index contributed by atoms with van der Waals surface area (Å²) >= 11 is 0. The molecule has 0 aliphatic carbocycles. The van der Waals surface area contributed by atoms with Crippen LogP contribution in [0.3, 0.4) is 0 Å². The van der Waals surface area contributed by atoms with Crippen molar-refractivity contribution in [3.8, 4) is 11.4 Å². The Hall–Kier alpha value is -4.07. The summed E-state index contributed by atoms with van der Waals surface area (Å²) in [5, 5.41) is 16.5. The summed E-state index contributed by atoms with van der Waals surface area (Å²) in [7, 11) is 1.76. The van der Waals surface area contributed by atoms with Gasteiger partial charge in [-0.3, -0.25) is 9.59 Å². The molecule has 1 unspecified atom stereocenters. The fraction of sp³-hybridized carbons (Fsp3) is 0.174. The molecule has 1 aliphatic heterocycles. The Kier molecular flexibility index (Phi) is 4.66. The van der Waals surface area contributed by atoms with E-state index in [9.17, 15) is 9.59 Å². The lowest BCUT2D eigenvalue weighted by atomic mass is 10.1. The normalized spacial score (nSPS) is 16.1. The van der Waals surface area contributed by atoms with Crippen molar-refractivity contribution >= 4 is 34.0 Å². The average molecular weight is 412 g/mol. The van der Waals surface area contributed by atoms with Crippen molar-refractivity contribution in [3.63, 3.8) is 0 Å². The highest BCUT2D eigenvalue weighted by molar-refractivity contribution is 6.08. The van der Waals surface area contributed by atoms with Crippen LogP contribution >= 0.6 is 0 Å². The van der Waals surface area contributed by atoms with Crippen LogP contribution in [0.4, 0.5) is 11.4 Å². The lowest BCUT2D eigenvalue weighted by Gasteiger charge is -2.19. The van der Waals surface area contributed by atoms with E-state index in [0.29, 0.717) is 18.1 Å². The molecule has 1 saturated heterocycles. The van der Waals surface area contributed by atoms with Crippen LogP contribution in [-0.2, 0) is 16.6 Å². The fourth-order valence-electron chi connectivity index (χ4n) is 4.01. The molecule has 3 aromatic carbocycles. The minimum Gasteiger partial charge on any atom is -0.326 e. The number of fused-ring (bicyclic) bond motifs is 1. The van der Waals surface area contributed by atoms with E-state index in [1.165, 1.54) is 0 Å². The summed E-state index contributed by atoms with van der Waals surface area (Å²) in [5.41, 5.74) is 2.28. The van der Waals surface area contributed by atoms with Gasteiger partial charge in [-0.25, -0.2) is 4.68 Å². The predicted octanol–water partition coefficient (Wildman–Crippen LogP) is 3.02. The summed E-state index contributed by atoms with van der Waals surface area (Å²) in [6.45, 7) is 0.353. The summed E-state index contributed by atoms with van der Waals surface area (Å²) in [6, 6.07) is 21.2. The van der Waals surface area contributed by atoms with Gasteiger partial charge in [0.2, 0.25) is 11.8 Å². The maximum absolute atomic E-state index is 12.9. The first kappa shape index (κ1) is 18.9. The standard InChI is InChI=1S/C23H20N6O2/c1-28-22(25-26-27-28)16-8-4-9-18(12-16)24-23(31)17-13-21(30)29(14-17)20-11-5-7-15-6-2-3-10-19(15)20/h2-12,17H,13-14H2,1H3,(H,24,31). The van der Waals surface area contributed by atoms with Crippen molar-refractivity contribution in [1.29, 1.82) is 0 Å². The number of aryl methyl sites for hydroxylation is 1. The van der Waals surface area contributed by atoms with Crippen LogP contribution in [-0.4, -0.2) is 38.6 Å². The lowest BCUT2D eigenvalue weighted by molar-refractivity contribution is -0.122. The third-order valence-electron chi connectivity index (χ3n) is 5.56. The quantitative estimate of drug-likeness (QED) is 0.556. The number of nitrogens with one attached hydrogen (secondary N) is 1. The number of anilines is 2. The number of carbonyl (C=O) groups is 2. The first-order valence-electron chi connectivity index (χ1n) is 10.0. The monoisotopic (exact) mass is 412 g/mol. The summed E-state index contributed by atoms with van der Waals surface area (Å²) in [4.78, 5) is 27.4. The van der Waals surface area contributed by atoms with E-state index in [-0.39, 0.29) is 18.2 Å². The molecule has 31 heavy (non-hydrogen) atoms. The lowest BCUT2D eigenvalue weighted by Crippen LogP contribution is -2.28. The first-order chi connectivity index (χ1) is 15.1. The van der Waals surface area contributed by atoms with Crippen molar-refractivity contribution in [2.45, 2.75) is 6.42 Å². The van der Waals surface area contributed by atoms with Gasteiger partial charge in [0, 0.05) is 36.7 Å². The number of hydrogen-bond acceptors (Lipinski definition) is 5. The number of nitrogens with zero attached hydrogens (tertiary/aromatic N) is 5. The van der Waals surface area contributed by atoms with E-state index < -0.39 is 5.92 Å². The second kappa shape index (κ2) is 7.64. The van der Waals surface area contributed by atoms with Crippen molar-refractivity contribution in [3.05, 3.63) is 66.7 Å². The molecule has 2 amide bonds. The van der Waals surface area contributed by atoms with Crippen LogP contribution in [0.15, 0.2) is 66.7 Å². The van der Waals surface area contributed by atoms with Crippen molar-refractivity contribution in [2.24, 2.45) is 13.0 Å². The van der Waals surface area contributed by atoms with Gasteiger partial charge in [-0.1, -0.05) is 48.5 Å². The molecule has 1 N–H and O–H groups in total. The van der Waals surface area contributed by atoms with Crippen LogP contribution in [0.1, 0.15) is 6.42 Å². The highest BCUT2D eigenvalue weighted by atomic mass is 16.2. The Morgan fingerprint density at radius 2 is 1.87 bits per heavy atom. The molecule has 5 rings (SSSR count). The van der Waals surface area contributed by atoms with Gasteiger partial charge in [-0.05, 0) is 34.0 Å². The highest BCUT2D eigenvalue weighted by Gasteiger charge is 2.35. The molecular weight excluding hydrogens is 392 g/mol. The molecule has 1 aliphatic rings. The van der Waals surface area contributed by atoms with Crippen LogP contribution < -0.4 is 10.2 Å². The molecule has 8 heteroatoms. The minimum absolute atomic E-state index is 0.0459. The van der Waals surface area contributed by atoms with Gasteiger partial charge in [-0.15, -0.1) is 5.10 Å². The largest absolute Gasteiger partial charge is 0.326 e. The van der Waals surface area contributed by atoms with Gasteiger partial charge in [0.1, 0.15) is 0 Å². The highest BCUT2D eigenvalue weighted by Crippen LogP contribution is 2.32. The zero-order chi connectivity index (χ0) is 21.4. The number of benzene rings is 3. The molecule has 1 fully saturated rings. The zero-order valence-electron chi connectivity index (χ0n) is 16.9. The van der Waals surface area contributed by atoms with Crippen LogP contribution in [0.2, 0.25) is 0 Å². The maximum Gasteiger partial charge on any atom is 0.229 e. The van der Waals surface area contributed by atoms with Gasteiger partial charge in [0.15, 0.2) is 5.82 Å². The van der Waals surface area contributed by atoms with Crippen molar-refractivity contribution in [1.82, 2.24) is 20.2 Å². The molecule has 2 heterocycles. The van der Waals surface area contributed by atoms with Crippen LogP contribution in [0.5, 0.6) is 0 Å². The Morgan fingerprint density at radius 1 is 1.06 bits per heavy atom. The van der Waals surface area contributed by atoms with Crippen molar-refractivity contribution in [2.75, 3.05) is 16.8 Å². The van der Waals surface area contributed by atoms with E-state index >= 15 is 0 Å². The van der Waals surface area contributed by atoms with Gasteiger partial charge in [-0.2, -0.15) is 0 Å². The Labute approximate surface area is 178 Å². The van der Waals surface area contributed by atoms with Crippen molar-refractivity contribution < 1.29 is 9.59 Å². The number of rotatable bonds is 4. The zero-order valence-corrected chi connectivity index (χ0v) is 16.9. The molecule has 154 valence electrons. The molecule has 4 aromatic rings. The minimum atomic E-state index is -0.424. The van der Waals surface area contributed by atoms with Gasteiger partial charge >= 0.3 is 0 Å². The summed E-state index contributed by atoms with van der Waals surface area (Å²) < 4.78 is 1.57. The molecule has 1 aromatic heterocycles. The second-order valence-corrected chi connectivity index (χ2v) is 7.60. The third-order valence-corrected chi connectivity index (χ3v) is 5.56. The second-order valence-electron chi connectivity index (χ2n) is 7.60. The molecule has 0 saturated carbocycles. The topological polar surface area (TPSA) is 93.0 Å². The molecule has 0 spiro atoms. The Balaban J connectivity index is 1.35. The maximum atomic E-state index is 12.9. The number of aromatic nitrogens is 4. The van der Waals surface area contributed by atoms with Gasteiger partial charge in [0.25, 0.3) is 0 Å². The summed E-state index contributed by atoms with van der Waals surface area (Å²) in [5.74, 6) is -0.0411. The van der Waals surface area contributed by atoms with E-state index in [2.05, 4.69) is 20.8 Å². The average Bonchev–Trinajstić information content (AvgIpc) is 3.39. The molecular formula is C23H20N6O2. The number of tetrazole rings is 1. The predicted molar refractivity (Wildman–Crippen MR) is 117 cm³/mol. The fourth-order valence-corrected chi connectivity index (χ4v) is 4.01. The van der Waals surface area contributed by atoms with Gasteiger partial charge < -0.3 is 10.2 Å².